The van der Waals surface area contributed by atoms with Crippen molar-refractivity contribution >= 4 is 11.9 Å². The summed E-state index contributed by atoms with van der Waals surface area (Å²) in [6.07, 6.45) is 7.12. The summed E-state index contributed by atoms with van der Waals surface area (Å²) in [5.41, 5.74) is 0. The average Bonchev–Trinajstić information content (AvgIpc) is 2.45. The Morgan fingerprint density at radius 3 is 1.95 bits per heavy atom. The van der Waals surface area contributed by atoms with Crippen molar-refractivity contribution in [1.29, 1.82) is 0 Å². The molecule has 0 saturated heterocycles. The van der Waals surface area contributed by atoms with Crippen LogP contribution < -0.4 is 0 Å². The zero-order chi connectivity index (χ0) is 16.5. The molecule has 0 aromatic rings. The van der Waals surface area contributed by atoms with Gasteiger partial charge in [-0.15, -0.1) is 0 Å². The Kier molecular flexibility index (Phi) is 18.0. The van der Waals surface area contributed by atoms with Crippen molar-refractivity contribution in [3.63, 3.8) is 0 Å². The van der Waals surface area contributed by atoms with E-state index < -0.39 is 0 Å². The first kappa shape index (κ1) is 22.2. The molecule has 0 bridgehead atoms. The van der Waals surface area contributed by atoms with Gasteiger partial charge in [-0.25, -0.2) is 0 Å². The summed E-state index contributed by atoms with van der Waals surface area (Å²) in [5.74, 6) is -0.0436. The van der Waals surface area contributed by atoms with E-state index in [0.717, 1.165) is 25.7 Å². The van der Waals surface area contributed by atoms with Crippen LogP contribution in [0.15, 0.2) is 0 Å². The molecule has 4 heteroatoms. The number of esters is 2. The van der Waals surface area contributed by atoms with Crippen LogP contribution >= 0.6 is 0 Å². The standard InChI is InChI=1S/C9H18O2.C8H16O2/c1-3-5-6-7-8-9(10)11-4-2;1-4-6-7(3)8(9)10-5-2/h3-8H2,1-2H3;7H,4-6H2,1-3H3. The fraction of sp³-hybridized carbons (Fsp3) is 0.882. The first-order valence-electron chi connectivity index (χ1n) is 8.35. The number of hydrogen-bond donors (Lipinski definition) is 0. The van der Waals surface area contributed by atoms with Crippen molar-refractivity contribution in [3.8, 4) is 0 Å². The second kappa shape index (κ2) is 17.0. The van der Waals surface area contributed by atoms with E-state index in [1.165, 1.54) is 12.8 Å². The van der Waals surface area contributed by atoms with Crippen molar-refractivity contribution in [2.45, 2.75) is 79.6 Å². The van der Waals surface area contributed by atoms with Gasteiger partial charge in [-0.3, -0.25) is 9.59 Å². The van der Waals surface area contributed by atoms with Crippen LogP contribution in [0.25, 0.3) is 0 Å². The Hall–Kier alpha value is -1.06. The Morgan fingerprint density at radius 2 is 1.48 bits per heavy atom. The maximum Gasteiger partial charge on any atom is 0.308 e. The number of ether oxygens (including phenoxy) is 2. The molecule has 0 aromatic carbocycles. The smallest absolute Gasteiger partial charge is 0.308 e. The summed E-state index contributed by atoms with van der Waals surface area (Å²) >= 11 is 0. The lowest BCUT2D eigenvalue weighted by Gasteiger charge is -2.07. The molecule has 4 nitrogen and oxygen atoms in total. The third kappa shape index (κ3) is 16.9. The Bertz CT molecular complexity index is 251. The molecule has 1 unspecified atom stereocenters. The Morgan fingerprint density at radius 1 is 0.857 bits per heavy atom. The van der Waals surface area contributed by atoms with Gasteiger partial charge in [0.2, 0.25) is 0 Å². The quantitative estimate of drug-likeness (QED) is 0.440. The molecular formula is C17H34O4. The number of unbranched alkanes of at least 4 members (excludes halogenated alkanes) is 3. The zero-order valence-electron chi connectivity index (χ0n) is 14.6. The number of carbonyl (C=O) groups is 2. The van der Waals surface area contributed by atoms with E-state index in [1.54, 1.807) is 0 Å². The summed E-state index contributed by atoms with van der Waals surface area (Å²) in [5, 5.41) is 0. The van der Waals surface area contributed by atoms with Gasteiger partial charge in [-0.05, 0) is 26.7 Å². The van der Waals surface area contributed by atoms with E-state index in [1.807, 2.05) is 20.8 Å². The van der Waals surface area contributed by atoms with Crippen molar-refractivity contribution in [1.82, 2.24) is 0 Å². The minimum absolute atomic E-state index is 0.0522. The average molecular weight is 302 g/mol. The van der Waals surface area contributed by atoms with E-state index in [2.05, 4.69) is 13.8 Å². The van der Waals surface area contributed by atoms with Crippen LogP contribution in [0.5, 0.6) is 0 Å². The fourth-order valence-corrected chi connectivity index (χ4v) is 1.76. The van der Waals surface area contributed by atoms with Crippen LogP contribution in [-0.4, -0.2) is 25.2 Å². The number of carbonyl (C=O) groups excluding carboxylic acids is 2. The monoisotopic (exact) mass is 302 g/mol. The Balaban J connectivity index is 0. The zero-order valence-corrected chi connectivity index (χ0v) is 14.6. The molecule has 0 saturated carbocycles. The van der Waals surface area contributed by atoms with Crippen LogP contribution in [0.2, 0.25) is 0 Å². The number of hydrogen-bond acceptors (Lipinski definition) is 4. The van der Waals surface area contributed by atoms with Gasteiger partial charge in [-0.2, -0.15) is 0 Å². The van der Waals surface area contributed by atoms with Crippen LogP contribution in [0.1, 0.15) is 79.6 Å². The second-order valence-electron chi connectivity index (χ2n) is 5.06. The minimum atomic E-state index is -0.0654. The van der Waals surface area contributed by atoms with Crippen molar-refractivity contribution < 1.29 is 19.1 Å². The van der Waals surface area contributed by atoms with Gasteiger partial charge in [0, 0.05) is 6.42 Å². The van der Waals surface area contributed by atoms with Gasteiger partial charge in [0.25, 0.3) is 0 Å². The first-order chi connectivity index (χ1) is 10.0. The van der Waals surface area contributed by atoms with Crippen molar-refractivity contribution in [2.75, 3.05) is 13.2 Å². The van der Waals surface area contributed by atoms with Gasteiger partial charge >= 0.3 is 11.9 Å². The SMILES string of the molecule is CCCC(C)C(=O)OCC.CCCCCCC(=O)OCC. The summed E-state index contributed by atoms with van der Waals surface area (Å²) < 4.78 is 9.60. The molecule has 0 rings (SSSR count). The van der Waals surface area contributed by atoms with Gasteiger partial charge in [0.05, 0.1) is 19.1 Å². The molecule has 0 aromatic heterocycles. The van der Waals surface area contributed by atoms with Crippen LogP contribution in [-0.2, 0) is 19.1 Å². The highest BCUT2D eigenvalue weighted by Crippen LogP contribution is 2.06. The lowest BCUT2D eigenvalue weighted by Crippen LogP contribution is -2.14. The largest absolute Gasteiger partial charge is 0.466 e. The highest BCUT2D eigenvalue weighted by Gasteiger charge is 2.11. The predicted octanol–water partition coefficient (Wildman–Crippen LogP) is 4.51. The molecule has 0 spiro atoms. The first-order valence-corrected chi connectivity index (χ1v) is 8.35. The lowest BCUT2D eigenvalue weighted by atomic mass is 10.1. The summed E-state index contributed by atoms with van der Waals surface area (Å²) in [6.45, 7) is 10.8. The van der Waals surface area contributed by atoms with Crippen molar-refractivity contribution in [2.24, 2.45) is 5.92 Å². The van der Waals surface area contributed by atoms with Gasteiger partial charge in [0.1, 0.15) is 0 Å². The summed E-state index contributed by atoms with van der Waals surface area (Å²) in [4.78, 5) is 21.7. The van der Waals surface area contributed by atoms with Crippen molar-refractivity contribution in [3.05, 3.63) is 0 Å². The summed E-state index contributed by atoms with van der Waals surface area (Å²) in [7, 11) is 0. The molecule has 0 N–H and O–H groups in total. The highest BCUT2D eigenvalue weighted by molar-refractivity contribution is 5.71. The second-order valence-corrected chi connectivity index (χ2v) is 5.06. The normalized spacial score (nSPS) is 11.1. The lowest BCUT2D eigenvalue weighted by molar-refractivity contribution is -0.147. The van der Waals surface area contributed by atoms with Crippen LogP contribution in [0.4, 0.5) is 0 Å². The summed E-state index contributed by atoms with van der Waals surface area (Å²) in [6, 6.07) is 0. The van der Waals surface area contributed by atoms with E-state index in [-0.39, 0.29) is 17.9 Å². The molecule has 1 atom stereocenters. The van der Waals surface area contributed by atoms with E-state index >= 15 is 0 Å². The molecule has 0 aliphatic carbocycles. The molecular weight excluding hydrogens is 268 g/mol. The van der Waals surface area contributed by atoms with Gasteiger partial charge in [-0.1, -0.05) is 46.5 Å². The van der Waals surface area contributed by atoms with E-state index in [0.29, 0.717) is 19.6 Å². The van der Waals surface area contributed by atoms with Crippen LogP contribution in [0.3, 0.4) is 0 Å². The highest BCUT2D eigenvalue weighted by atomic mass is 16.5. The number of rotatable bonds is 10. The molecule has 0 amide bonds. The molecule has 0 aliphatic heterocycles. The fourth-order valence-electron chi connectivity index (χ4n) is 1.76. The topological polar surface area (TPSA) is 52.6 Å². The third-order valence-electron chi connectivity index (χ3n) is 2.95. The predicted molar refractivity (Wildman–Crippen MR) is 86.1 cm³/mol. The molecule has 21 heavy (non-hydrogen) atoms. The van der Waals surface area contributed by atoms with E-state index in [4.69, 9.17) is 9.47 Å². The van der Waals surface area contributed by atoms with E-state index in [9.17, 15) is 9.59 Å². The molecule has 0 heterocycles. The Labute approximate surface area is 130 Å². The van der Waals surface area contributed by atoms with Gasteiger partial charge < -0.3 is 9.47 Å². The third-order valence-corrected chi connectivity index (χ3v) is 2.95. The molecule has 0 aliphatic rings. The molecule has 0 radical (unpaired) electrons. The molecule has 126 valence electrons. The van der Waals surface area contributed by atoms with Gasteiger partial charge in [0.15, 0.2) is 0 Å². The van der Waals surface area contributed by atoms with Crippen LogP contribution in [0, 0.1) is 5.92 Å². The maximum absolute atomic E-state index is 10.9. The maximum atomic E-state index is 10.9. The minimum Gasteiger partial charge on any atom is -0.466 e. The molecule has 0 fully saturated rings.